The second-order valence-electron chi connectivity index (χ2n) is 3.45. The van der Waals surface area contributed by atoms with Crippen molar-refractivity contribution < 1.29 is 4.79 Å². The fraction of sp³-hybridized carbons (Fsp3) is 0.545. The van der Waals surface area contributed by atoms with Gasteiger partial charge in [-0.05, 0) is 19.8 Å². The van der Waals surface area contributed by atoms with Gasteiger partial charge in [-0.2, -0.15) is 0 Å². The van der Waals surface area contributed by atoms with Crippen molar-refractivity contribution >= 4 is 5.91 Å². The number of terminal acetylenes is 1. The maximum absolute atomic E-state index is 11.4. The molecule has 0 saturated carbocycles. The predicted molar refractivity (Wildman–Crippen MR) is 56.6 cm³/mol. The molecule has 0 aromatic carbocycles. The lowest BCUT2D eigenvalue weighted by Crippen LogP contribution is -2.45. The largest absolute Gasteiger partial charge is 0.344 e. The Kier molecular flexibility index (Phi) is 4.21. The molecule has 1 rings (SSSR count). The minimum atomic E-state index is -0.173. The highest BCUT2D eigenvalue weighted by atomic mass is 16.2. The zero-order chi connectivity index (χ0) is 10.4. The summed E-state index contributed by atoms with van der Waals surface area (Å²) in [5.74, 6) is 2.34. The zero-order valence-corrected chi connectivity index (χ0v) is 8.42. The van der Waals surface area contributed by atoms with Crippen molar-refractivity contribution in [3.63, 3.8) is 0 Å². The number of hydrogen-bond acceptors (Lipinski definition) is 2. The monoisotopic (exact) mass is 192 g/mol. The lowest BCUT2D eigenvalue weighted by Gasteiger charge is -2.18. The van der Waals surface area contributed by atoms with E-state index < -0.39 is 0 Å². The molecule has 14 heavy (non-hydrogen) atoms. The molecule has 0 aromatic rings. The Morgan fingerprint density at radius 2 is 2.29 bits per heavy atom. The number of rotatable bonds is 4. The molecule has 0 heterocycles. The van der Waals surface area contributed by atoms with Gasteiger partial charge < -0.3 is 10.6 Å². The summed E-state index contributed by atoms with van der Waals surface area (Å²) in [5.41, 5.74) is 0. The third kappa shape index (κ3) is 3.23. The van der Waals surface area contributed by atoms with Gasteiger partial charge in [-0.3, -0.25) is 4.79 Å². The number of carbonyl (C=O) groups is 1. The number of hydrogen-bond donors (Lipinski definition) is 2. The van der Waals surface area contributed by atoms with Gasteiger partial charge in [-0.1, -0.05) is 18.1 Å². The van der Waals surface area contributed by atoms with Crippen molar-refractivity contribution in [3.05, 3.63) is 12.2 Å². The van der Waals surface area contributed by atoms with Gasteiger partial charge in [0.1, 0.15) is 0 Å². The average molecular weight is 192 g/mol. The molecule has 3 heteroatoms. The van der Waals surface area contributed by atoms with Crippen LogP contribution in [0.15, 0.2) is 12.2 Å². The molecule has 0 radical (unpaired) electrons. The Morgan fingerprint density at radius 1 is 1.64 bits per heavy atom. The van der Waals surface area contributed by atoms with E-state index in [9.17, 15) is 4.79 Å². The second-order valence-corrected chi connectivity index (χ2v) is 3.45. The van der Waals surface area contributed by atoms with Crippen LogP contribution in [0.3, 0.4) is 0 Å². The van der Waals surface area contributed by atoms with E-state index >= 15 is 0 Å². The molecule has 1 aliphatic rings. The first-order chi connectivity index (χ1) is 6.74. The quantitative estimate of drug-likeness (QED) is 0.501. The molecular formula is C11H16N2O. The molecule has 1 aliphatic carbocycles. The molecule has 3 nitrogen and oxygen atoms in total. The van der Waals surface area contributed by atoms with E-state index in [1.54, 1.807) is 0 Å². The standard InChI is InChI=1S/C11H16N2O/c1-3-8-12-11(14)9(2)13-10-6-4-5-7-10/h1,4-5,9-10,13H,6-8H2,2H3,(H,12,14). The minimum Gasteiger partial charge on any atom is -0.344 e. The average Bonchev–Trinajstić information content (AvgIpc) is 2.66. The Hall–Kier alpha value is -1.27. The molecule has 1 atom stereocenters. The van der Waals surface area contributed by atoms with Gasteiger partial charge in [0.25, 0.3) is 0 Å². The summed E-state index contributed by atoms with van der Waals surface area (Å²) < 4.78 is 0. The van der Waals surface area contributed by atoms with Gasteiger partial charge in [0.2, 0.25) is 5.91 Å². The van der Waals surface area contributed by atoms with E-state index in [1.165, 1.54) is 0 Å². The van der Waals surface area contributed by atoms with Crippen LogP contribution in [-0.4, -0.2) is 24.5 Å². The Balaban J connectivity index is 2.23. The van der Waals surface area contributed by atoms with E-state index in [2.05, 4.69) is 28.7 Å². The van der Waals surface area contributed by atoms with E-state index in [0.717, 1.165) is 12.8 Å². The maximum atomic E-state index is 11.4. The number of carbonyl (C=O) groups excluding carboxylic acids is 1. The minimum absolute atomic E-state index is 0.0325. The lowest BCUT2D eigenvalue weighted by atomic mass is 10.2. The van der Waals surface area contributed by atoms with Gasteiger partial charge in [0, 0.05) is 6.04 Å². The van der Waals surface area contributed by atoms with Crippen LogP contribution in [0.5, 0.6) is 0 Å². The third-order valence-corrected chi connectivity index (χ3v) is 2.25. The van der Waals surface area contributed by atoms with E-state index in [0.29, 0.717) is 12.6 Å². The molecule has 0 aliphatic heterocycles. The topological polar surface area (TPSA) is 41.1 Å². The van der Waals surface area contributed by atoms with Crippen molar-refractivity contribution in [1.82, 2.24) is 10.6 Å². The van der Waals surface area contributed by atoms with Gasteiger partial charge >= 0.3 is 0 Å². The van der Waals surface area contributed by atoms with Crippen LogP contribution in [0.25, 0.3) is 0 Å². The summed E-state index contributed by atoms with van der Waals surface area (Å²) in [6, 6.07) is 0.231. The van der Waals surface area contributed by atoms with Crippen molar-refractivity contribution in [2.75, 3.05) is 6.54 Å². The molecule has 1 unspecified atom stereocenters. The van der Waals surface area contributed by atoms with Crippen molar-refractivity contribution in [2.45, 2.75) is 31.8 Å². The highest BCUT2D eigenvalue weighted by molar-refractivity contribution is 5.81. The van der Waals surface area contributed by atoms with Crippen molar-refractivity contribution in [3.8, 4) is 12.3 Å². The summed E-state index contributed by atoms with van der Waals surface area (Å²) in [7, 11) is 0. The maximum Gasteiger partial charge on any atom is 0.237 e. The summed E-state index contributed by atoms with van der Waals surface area (Å²) in [6.45, 7) is 2.15. The molecule has 1 amide bonds. The number of nitrogens with one attached hydrogen (secondary N) is 2. The van der Waals surface area contributed by atoms with Crippen LogP contribution in [0, 0.1) is 12.3 Å². The molecule has 2 N–H and O–H groups in total. The third-order valence-electron chi connectivity index (χ3n) is 2.25. The van der Waals surface area contributed by atoms with E-state index in [4.69, 9.17) is 6.42 Å². The summed E-state index contributed by atoms with van der Waals surface area (Å²) in [4.78, 5) is 11.4. The Labute approximate surface area is 85.0 Å². The molecular weight excluding hydrogens is 176 g/mol. The first-order valence-electron chi connectivity index (χ1n) is 4.86. The normalized spacial score (nSPS) is 17.7. The molecule has 76 valence electrons. The Morgan fingerprint density at radius 3 is 2.86 bits per heavy atom. The first kappa shape index (κ1) is 10.8. The van der Waals surface area contributed by atoms with E-state index in [1.807, 2.05) is 6.92 Å². The van der Waals surface area contributed by atoms with Crippen LogP contribution in [0.1, 0.15) is 19.8 Å². The molecule has 0 bridgehead atoms. The van der Waals surface area contributed by atoms with Crippen molar-refractivity contribution in [1.29, 1.82) is 0 Å². The van der Waals surface area contributed by atoms with Gasteiger partial charge in [0.05, 0.1) is 12.6 Å². The van der Waals surface area contributed by atoms with Crippen LogP contribution < -0.4 is 10.6 Å². The van der Waals surface area contributed by atoms with Crippen LogP contribution in [0.4, 0.5) is 0 Å². The van der Waals surface area contributed by atoms with Gasteiger partial charge in [0.15, 0.2) is 0 Å². The fourth-order valence-corrected chi connectivity index (χ4v) is 1.47. The second kappa shape index (κ2) is 5.46. The van der Waals surface area contributed by atoms with Crippen LogP contribution >= 0.6 is 0 Å². The smallest absolute Gasteiger partial charge is 0.237 e. The van der Waals surface area contributed by atoms with Gasteiger partial charge in [-0.15, -0.1) is 6.42 Å². The zero-order valence-electron chi connectivity index (χ0n) is 8.42. The summed E-state index contributed by atoms with van der Waals surface area (Å²) >= 11 is 0. The number of amides is 1. The molecule has 0 fully saturated rings. The van der Waals surface area contributed by atoms with Crippen molar-refractivity contribution in [2.24, 2.45) is 0 Å². The SMILES string of the molecule is C#CCNC(=O)C(C)NC1CC=CC1. The molecule has 0 aromatic heterocycles. The van der Waals surface area contributed by atoms with Crippen LogP contribution in [-0.2, 0) is 4.79 Å². The lowest BCUT2D eigenvalue weighted by molar-refractivity contribution is -0.122. The fourth-order valence-electron chi connectivity index (χ4n) is 1.47. The van der Waals surface area contributed by atoms with E-state index in [-0.39, 0.29) is 11.9 Å². The Bertz CT molecular complexity index is 257. The molecule has 0 saturated heterocycles. The van der Waals surface area contributed by atoms with Crippen LogP contribution in [0.2, 0.25) is 0 Å². The van der Waals surface area contributed by atoms with Gasteiger partial charge in [-0.25, -0.2) is 0 Å². The predicted octanol–water partition coefficient (Wildman–Crippen LogP) is 0.432. The first-order valence-corrected chi connectivity index (χ1v) is 4.86. The summed E-state index contributed by atoms with van der Waals surface area (Å²) in [5, 5.41) is 5.89. The molecule has 0 spiro atoms. The summed E-state index contributed by atoms with van der Waals surface area (Å²) in [6.07, 6.45) is 11.3. The highest BCUT2D eigenvalue weighted by Gasteiger charge is 2.17. The highest BCUT2D eigenvalue weighted by Crippen LogP contribution is 2.09.